The Hall–Kier alpha value is -1.14. The predicted octanol–water partition coefficient (Wildman–Crippen LogP) is 3.74. The standard InChI is InChI=1S/C31H52O10/c1-8-9-13-36-16-22(33)19-11-10-12-31(19)40-25-18-14-21(32)26(24(18)39-28(25)41-31)38-23(34)17-37-27(35)20(30(5,6)7)15-29(2,3)4/h18-20,22,24-28,33,35H,8-17H2,1-7H3. The fourth-order valence-electron chi connectivity index (χ4n) is 6.87. The van der Waals surface area contributed by atoms with Crippen LogP contribution in [0.2, 0.25) is 0 Å². The molecule has 41 heavy (non-hydrogen) atoms. The van der Waals surface area contributed by atoms with E-state index in [4.69, 9.17) is 28.4 Å². The Morgan fingerprint density at radius 1 is 1.12 bits per heavy atom. The van der Waals surface area contributed by atoms with Crippen LogP contribution < -0.4 is 0 Å². The summed E-state index contributed by atoms with van der Waals surface area (Å²) in [5.74, 6) is -2.69. The van der Waals surface area contributed by atoms with Crippen molar-refractivity contribution in [1.29, 1.82) is 0 Å². The molecule has 0 radical (unpaired) electrons. The molecule has 2 saturated carbocycles. The minimum atomic E-state index is -1.15. The second-order valence-electron chi connectivity index (χ2n) is 14.7. The van der Waals surface area contributed by atoms with Crippen molar-refractivity contribution in [2.75, 3.05) is 19.8 Å². The Balaban J connectivity index is 1.31. The predicted molar refractivity (Wildman–Crippen MR) is 148 cm³/mol. The van der Waals surface area contributed by atoms with E-state index in [-0.39, 0.29) is 47.4 Å². The number of ketones is 1. The Morgan fingerprint density at radius 3 is 2.51 bits per heavy atom. The van der Waals surface area contributed by atoms with Crippen LogP contribution >= 0.6 is 0 Å². The maximum atomic E-state index is 12.9. The molecule has 0 aromatic rings. The molecule has 2 aliphatic heterocycles. The molecule has 4 fully saturated rings. The lowest BCUT2D eigenvalue weighted by molar-refractivity contribution is -0.262. The molecule has 1 spiro atoms. The molecule has 2 saturated heterocycles. The van der Waals surface area contributed by atoms with Gasteiger partial charge in [-0.2, -0.15) is 0 Å². The monoisotopic (exact) mass is 584 g/mol. The number of ether oxygens (including phenoxy) is 6. The normalized spacial score (nSPS) is 35.5. The molecule has 2 heterocycles. The largest absolute Gasteiger partial charge is 0.450 e. The van der Waals surface area contributed by atoms with Crippen LogP contribution in [0.4, 0.5) is 0 Å². The van der Waals surface area contributed by atoms with Gasteiger partial charge >= 0.3 is 5.97 Å². The molecule has 0 bridgehead atoms. The Kier molecular flexibility index (Phi) is 10.3. The summed E-state index contributed by atoms with van der Waals surface area (Å²) in [5, 5.41) is 21.6. The van der Waals surface area contributed by atoms with Crippen molar-refractivity contribution in [3.05, 3.63) is 0 Å². The first-order valence-corrected chi connectivity index (χ1v) is 15.4. The number of aliphatic hydroxyl groups excluding tert-OH is 2. The molecular weight excluding hydrogens is 532 g/mol. The summed E-state index contributed by atoms with van der Waals surface area (Å²) in [6.45, 7) is 14.8. The summed E-state index contributed by atoms with van der Waals surface area (Å²) >= 11 is 0. The zero-order valence-corrected chi connectivity index (χ0v) is 25.9. The summed E-state index contributed by atoms with van der Waals surface area (Å²) in [4.78, 5) is 25.6. The molecule has 10 unspecified atom stereocenters. The van der Waals surface area contributed by atoms with Crippen LogP contribution in [0.1, 0.15) is 93.4 Å². The van der Waals surface area contributed by atoms with E-state index in [0.717, 1.165) is 25.7 Å². The lowest BCUT2D eigenvalue weighted by Gasteiger charge is -2.38. The van der Waals surface area contributed by atoms with Gasteiger partial charge in [0.15, 0.2) is 30.3 Å². The summed E-state index contributed by atoms with van der Waals surface area (Å²) < 4.78 is 35.7. The SMILES string of the molecule is CCCCOCC(O)C1CCCC12OC1OC3C(OC(=O)COC(O)C(CC(C)(C)C)C(C)(C)C)C(=O)CC3C1O2. The molecule has 0 aromatic carbocycles. The third-order valence-corrected chi connectivity index (χ3v) is 9.03. The van der Waals surface area contributed by atoms with E-state index >= 15 is 0 Å². The smallest absolute Gasteiger partial charge is 0.333 e. The maximum absolute atomic E-state index is 12.9. The van der Waals surface area contributed by atoms with Crippen molar-refractivity contribution >= 4 is 11.8 Å². The van der Waals surface area contributed by atoms with Gasteiger partial charge in [0.05, 0.1) is 12.7 Å². The van der Waals surface area contributed by atoms with E-state index in [2.05, 4.69) is 27.7 Å². The number of unbranched alkanes of at least 4 members (excludes halogenated alkanes) is 1. The summed E-state index contributed by atoms with van der Waals surface area (Å²) in [6, 6.07) is 0. The number of fused-ring (bicyclic) bond motifs is 3. The lowest BCUT2D eigenvalue weighted by Crippen LogP contribution is -2.45. The second kappa shape index (κ2) is 12.8. The number of carbonyl (C=O) groups is 2. The molecule has 10 heteroatoms. The van der Waals surface area contributed by atoms with Gasteiger partial charge in [-0.3, -0.25) is 4.79 Å². The quantitative estimate of drug-likeness (QED) is 0.199. The van der Waals surface area contributed by atoms with Crippen LogP contribution in [0.3, 0.4) is 0 Å². The summed E-state index contributed by atoms with van der Waals surface area (Å²) in [5.41, 5.74) is -0.276. The van der Waals surface area contributed by atoms with Gasteiger partial charge in [0.2, 0.25) is 0 Å². The van der Waals surface area contributed by atoms with E-state index in [1.165, 1.54) is 0 Å². The summed E-state index contributed by atoms with van der Waals surface area (Å²) in [6.07, 6.45) is 0.257. The van der Waals surface area contributed by atoms with E-state index in [1.807, 2.05) is 20.8 Å². The zero-order chi connectivity index (χ0) is 30.2. The van der Waals surface area contributed by atoms with Crippen LogP contribution in [0, 0.1) is 28.6 Å². The third kappa shape index (κ3) is 7.51. The molecule has 4 aliphatic rings. The van der Waals surface area contributed by atoms with Crippen molar-refractivity contribution in [2.45, 2.75) is 136 Å². The maximum Gasteiger partial charge on any atom is 0.333 e. The Labute approximate surface area is 244 Å². The second-order valence-corrected chi connectivity index (χ2v) is 14.7. The molecule has 2 N–H and O–H groups in total. The first-order chi connectivity index (χ1) is 19.1. The number of hydrogen-bond acceptors (Lipinski definition) is 10. The molecular formula is C31H52O10. The van der Waals surface area contributed by atoms with Gasteiger partial charge in [0, 0.05) is 37.2 Å². The zero-order valence-electron chi connectivity index (χ0n) is 25.9. The number of aliphatic hydroxyl groups is 2. The van der Waals surface area contributed by atoms with Crippen LogP contribution in [0.15, 0.2) is 0 Å². The minimum Gasteiger partial charge on any atom is -0.450 e. The van der Waals surface area contributed by atoms with Crippen LogP contribution in [0.25, 0.3) is 0 Å². The van der Waals surface area contributed by atoms with Crippen molar-refractivity contribution in [3.63, 3.8) is 0 Å². The summed E-state index contributed by atoms with van der Waals surface area (Å²) in [7, 11) is 0. The van der Waals surface area contributed by atoms with Crippen LogP contribution in [-0.4, -0.2) is 84.6 Å². The highest BCUT2D eigenvalue weighted by Crippen LogP contribution is 2.54. The van der Waals surface area contributed by atoms with Crippen LogP contribution in [-0.2, 0) is 38.0 Å². The fourth-order valence-corrected chi connectivity index (χ4v) is 6.87. The molecule has 4 rings (SSSR count). The first-order valence-electron chi connectivity index (χ1n) is 15.4. The van der Waals surface area contributed by atoms with Gasteiger partial charge in [0.25, 0.3) is 0 Å². The van der Waals surface area contributed by atoms with E-state index in [1.54, 1.807) is 0 Å². The third-order valence-electron chi connectivity index (χ3n) is 9.03. The van der Waals surface area contributed by atoms with E-state index in [9.17, 15) is 19.8 Å². The lowest BCUT2D eigenvalue weighted by atomic mass is 9.72. The fraction of sp³-hybridized carbons (Fsp3) is 0.935. The van der Waals surface area contributed by atoms with Crippen molar-refractivity contribution < 1.29 is 48.2 Å². The Bertz CT molecular complexity index is 910. The highest BCUT2D eigenvalue weighted by molar-refractivity contribution is 5.89. The molecule has 10 atom stereocenters. The number of Topliss-reactive ketones (excluding diaryl/α,β-unsaturated/α-hetero) is 1. The number of carbonyl (C=O) groups excluding carboxylic acids is 2. The Morgan fingerprint density at radius 2 is 1.85 bits per heavy atom. The number of esters is 1. The van der Waals surface area contributed by atoms with Gasteiger partial charge in [-0.25, -0.2) is 4.79 Å². The van der Waals surface area contributed by atoms with Gasteiger partial charge in [-0.15, -0.1) is 0 Å². The van der Waals surface area contributed by atoms with Crippen molar-refractivity contribution in [2.24, 2.45) is 28.6 Å². The number of hydrogen-bond donors (Lipinski definition) is 2. The van der Waals surface area contributed by atoms with E-state index < -0.39 is 55.4 Å². The van der Waals surface area contributed by atoms with Crippen LogP contribution in [0.5, 0.6) is 0 Å². The molecule has 236 valence electrons. The topological polar surface area (TPSA) is 130 Å². The highest BCUT2D eigenvalue weighted by atomic mass is 16.8. The molecule has 0 aromatic heterocycles. The average molecular weight is 585 g/mol. The minimum absolute atomic E-state index is 0.0340. The molecule has 2 aliphatic carbocycles. The van der Waals surface area contributed by atoms with Gasteiger partial charge in [0.1, 0.15) is 18.8 Å². The van der Waals surface area contributed by atoms with Gasteiger partial charge < -0.3 is 38.6 Å². The highest BCUT2D eigenvalue weighted by Gasteiger charge is 2.66. The molecule has 0 amide bonds. The van der Waals surface area contributed by atoms with Gasteiger partial charge in [-0.1, -0.05) is 54.9 Å². The first kappa shape index (κ1) is 32.8. The number of rotatable bonds is 12. The van der Waals surface area contributed by atoms with Crippen molar-refractivity contribution in [1.82, 2.24) is 0 Å². The molecule has 10 nitrogen and oxygen atoms in total. The van der Waals surface area contributed by atoms with Gasteiger partial charge in [-0.05, 0) is 36.5 Å². The van der Waals surface area contributed by atoms with Crippen molar-refractivity contribution in [3.8, 4) is 0 Å². The average Bonchev–Trinajstić information content (AvgIpc) is 3.60. The van der Waals surface area contributed by atoms with E-state index in [0.29, 0.717) is 19.4 Å².